The van der Waals surface area contributed by atoms with Gasteiger partial charge in [0.25, 0.3) is 0 Å². The van der Waals surface area contributed by atoms with Crippen molar-refractivity contribution in [3.63, 3.8) is 0 Å². The molecule has 0 fully saturated rings. The van der Waals surface area contributed by atoms with Gasteiger partial charge in [0.05, 0.1) is 16.5 Å². The first-order valence-corrected chi connectivity index (χ1v) is 5.79. The summed E-state index contributed by atoms with van der Waals surface area (Å²) in [7, 11) is -4.20. The highest BCUT2D eigenvalue weighted by atomic mass is 32.2. The van der Waals surface area contributed by atoms with E-state index in [1.165, 1.54) is 16.9 Å². The molecule has 92 valence electrons. The Kier molecular flexibility index (Phi) is 3.75. The first-order valence-electron chi connectivity index (χ1n) is 4.31. The van der Waals surface area contributed by atoms with E-state index < -0.39 is 22.7 Å². The van der Waals surface area contributed by atoms with Crippen LogP contribution in [0.4, 0.5) is 13.2 Å². The van der Waals surface area contributed by atoms with Crippen LogP contribution in [0.3, 0.4) is 0 Å². The molecule has 0 amide bonds. The van der Waals surface area contributed by atoms with E-state index >= 15 is 0 Å². The second kappa shape index (κ2) is 4.73. The summed E-state index contributed by atoms with van der Waals surface area (Å²) in [6.45, 7) is -1.63. The molecule has 1 aromatic rings. The van der Waals surface area contributed by atoms with Gasteiger partial charge in [0.2, 0.25) is 10.0 Å². The van der Waals surface area contributed by atoms with Crippen molar-refractivity contribution in [3.8, 4) is 6.07 Å². The second-order valence-electron chi connectivity index (χ2n) is 3.08. The van der Waals surface area contributed by atoms with Crippen molar-refractivity contribution >= 4 is 10.0 Å². The van der Waals surface area contributed by atoms with Gasteiger partial charge in [0.1, 0.15) is 6.54 Å². The number of nitriles is 1. The molecular formula is C9H7F3N2O2S. The molecule has 1 aromatic carbocycles. The lowest BCUT2D eigenvalue weighted by molar-refractivity contribution is -0.121. The van der Waals surface area contributed by atoms with E-state index in [1.54, 1.807) is 6.07 Å². The molecule has 0 unspecified atom stereocenters. The summed E-state index contributed by atoms with van der Waals surface area (Å²) in [5.41, 5.74) is 0.222. The van der Waals surface area contributed by atoms with Crippen LogP contribution in [-0.4, -0.2) is 21.1 Å². The van der Waals surface area contributed by atoms with Gasteiger partial charge < -0.3 is 0 Å². The average Bonchev–Trinajstić information content (AvgIpc) is 2.26. The molecular weight excluding hydrogens is 257 g/mol. The van der Waals surface area contributed by atoms with Crippen LogP contribution >= 0.6 is 0 Å². The zero-order chi connectivity index (χ0) is 13.1. The largest absolute Gasteiger partial charge is 0.402 e. The summed E-state index contributed by atoms with van der Waals surface area (Å²) in [5.74, 6) is 0. The number of halogens is 3. The van der Waals surface area contributed by atoms with Gasteiger partial charge >= 0.3 is 6.18 Å². The standard InChI is InChI=1S/C9H7F3N2O2S/c10-9(11,12)6-14-17(15,16)8-3-1-7(5-13)2-4-8/h1-4,14H,6H2. The molecule has 0 spiro atoms. The minimum absolute atomic E-state index is 0.222. The topological polar surface area (TPSA) is 70.0 Å². The van der Waals surface area contributed by atoms with E-state index in [0.29, 0.717) is 0 Å². The number of hydrogen-bond donors (Lipinski definition) is 1. The number of benzene rings is 1. The molecule has 0 saturated heterocycles. The molecule has 0 atom stereocenters. The van der Waals surface area contributed by atoms with E-state index in [9.17, 15) is 21.6 Å². The van der Waals surface area contributed by atoms with Crippen LogP contribution in [-0.2, 0) is 10.0 Å². The molecule has 0 aliphatic carbocycles. The SMILES string of the molecule is N#Cc1ccc(S(=O)(=O)NCC(F)(F)F)cc1. The van der Waals surface area contributed by atoms with Crippen LogP contribution < -0.4 is 4.72 Å². The average molecular weight is 264 g/mol. The minimum atomic E-state index is -4.61. The van der Waals surface area contributed by atoms with E-state index in [2.05, 4.69) is 0 Å². The Morgan fingerprint density at radius 1 is 1.24 bits per heavy atom. The molecule has 1 rings (SSSR count). The molecule has 1 N–H and O–H groups in total. The van der Waals surface area contributed by atoms with Crippen molar-refractivity contribution in [2.75, 3.05) is 6.54 Å². The number of hydrogen-bond acceptors (Lipinski definition) is 3. The lowest BCUT2D eigenvalue weighted by Crippen LogP contribution is -2.33. The maximum Gasteiger partial charge on any atom is 0.402 e. The predicted molar refractivity (Wildman–Crippen MR) is 52.4 cm³/mol. The molecule has 0 bridgehead atoms. The molecule has 0 radical (unpaired) electrons. The van der Waals surface area contributed by atoms with Gasteiger partial charge in [-0.3, -0.25) is 0 Å². The van der Waals surface area contributed by atoms with Crippen molar-refractivity contribution < 1.29 is 21.6 Å². The fourth-order valence-corrected chi connectivity index (χ4v) is 1.98. The lowest BCUT2D eigenvalue weighted by Gasteiger charge is -2.09. The maximum atomic E-state index is 11.9. The molecule has 0 saturated carbocycles. The molecule has 0 heterocycles. The highest BCUT2D eigenvalue weighted by Crippen LogP contribution is 2.15. The van der Waals surface area contributed by atoms with Gasteiger partial charge in [-0.15, -0.1) is 0 Å². The second-order valence-corrected chi connectivity index (χ2v) is 4.84. The van der Waals surface area contributed by atoms with Crippen LogP contribution in [0.2, 0.25) is 0 Å². The van der Waals surface area contributed by atoms with Crippen LogP contribution in [0.15, 0.2) is 29.2 Å². The molecule has 0 aromatic heterocycles. The Hall–Kier alpha value is -1.59. The zero-order valence-electron chi connectivity index (χ0n) is 8.32. The molecule has 17 heavy (non-hydrogen) atoms. The van der Waals surface area contributed by atoms with Gasteiger partial charge in [-0.1, -0.05) is 0 Å². The third kappa shape index (κ3) is 4.05. The fraction of sp³-hybridized carbons (Fsp3) is 0.222. The summed E-state index contributed by atoms with van der Waals surface area (Å²) in [6, 6.07) is 6.32. The van der Waals surface area contributed by atoms with Crippen LogP contribution in [0.25, 0.3) is 0 Å². The number of alkyl halides is 3. The van der Waals surface area contributed by atoms with E-state index in [4.69, 9.17) is 5.26 Å². The zero-order valence-corrected chi connectivity index (χ0v) is 9.14. The Labute approximate surface area is 95.7 Å². The van der Waals surface area contributed by atoms with Crippen LogP contribution in [0.1, 0.15) is 5.56 Å². The van der Waals surface area contributed by atoms with Crippen molar-refractivity contribution in [2.24, 2.45) is 0 Å². The molecule has 4 nitrogen and oxygen atoms in total. The third-order valence-electron chi connectivity index (χ3n) is 1.76. The number of nitrogens with zero attached hydrogens (tertiary/aromatic N) is 1. The third-order valence-corrected chi connectivity index (χ3v) is 3.17. The number of nitrogens with one attached hydrogen (secondary N) is 1. The van der Waals surface area contributed by atoms with E-state index in [-0.39, 0.29) is 10.5 Å². The predicted octanol–water partition coefficient (Wildman–Crippen LogP) is 1.40. The molecule has 0 aliphatic heterocycles. The first kappa shape index (κ1) is 13.5. The summed E-state index contributed by atoms with van der Waals surface area (Å²) in [4.78, 5) is -0.319. The van der Waals surface area contributed by atoms with Crippen LogP contribution in [0, 0.1) is 11.3 Å². The van der Waals surface area contributed by atoms with Gasteiger partial charge in [-0.05, 0) is 24.3 Å². The Bertz CT molecular complexity index is 529. The Morgan fingerprint density at radius 2 is 1.76 bits per heavy atom. The monoisotopic (exact) mass is 264 g/mol. The highest BCUT2D eigenvalue weighted by molar-refractivity contribution is 7.89. The van der Waals surface area contributed by atoms with E-state index in [0.717, 1.165) is 12.1 Å². The minimum Gasteiger partial charge on any atom is -0.207 e. The number of sulfonamides is 1. The van der Waals surface area contributed by atoms with Crippen molar-refractivity contribution in [1.82, 2.24) is 4.72 Å². The summed E-state index contributed by atoms with van der Waals surface area (Å²) in [5, 5.41) is 8.48. The maximum absolute atomic E-state index is 11.9. The number of rotatable bonds is 3. The lowest BCUT2D eigenvalue weighted by atomic mass is 10.2. The van der Waals surface area contributed by atoms with Gasteiger partial charge in [0, 0.05) is 0 Å². The van der Waals surface area contributed by atoms with Crippen molar-refractivity contribution in [1.29, 1.82) is 5.26 Å². The quantitative estimate of drug-likeness (QED) is 0.897. The fourth-order valence-electron chi connectivity index (χ4n) is 0.969. The normalized spacial score (nSPS) is 12.1. The smallest absolute Gasteiger partial charge is 0.207 e. The highest BCUT2D eigenvalue weighted by Gasteiger charge is 2.29. The van der Waals surface area contributed by atoms with Gasteiger partial charge in [-0.2, -0.15) is 18.4 Å². The Balaban J connectivity index is 2.87. The van der Waals surface area contributed by atoms with Gasteiger partial charge in [-0.25, -0.2) is 13.1 Å². The molecule has 8 heteroatoms. The van der Waals surface area contributed by atoms with Gasteiger partial charge in [0.15, 0.2) is 0 Å². The van der Waals surface area contributed by atoms with E-state index in [1.807, 2.05) is 0 Å². The molecule has 0 aliphatic rings. The van der Waals surface area contributed by atoms with Crippen molar-refractivity contribution in [3.05, 3.63) is 29.8 Å². The summed E-state index contributed by atoms with van der Waals surface area (Å²) >= 11 is 0. The van der Waals surface area contributed by atoms with Crippen LogP contribution in [0.5, 0.6) is 0 Å². The Morgan fingerprint density at radius 3 is 2.18 bits per heavy atom. The summed E-state index contributed by atoms with van der Waals surface area (Å²) in [6.07, 6.45) is -4.61. The van der Waals surface area contributed by atoms with Crippen molar-refractivity contribution in [2.45, 2.75) is 11.1 Å². The first-order chi connectivity index (χ1) is 7.74. The summed E-state index contributed by atoms with van der Waals surface area (Å²) < 4.78 is 59.7.